The van der Waals surface area contributed by atoms with Crippen molar-refractivity contribution in [1.29, 1.82) is 0 Å². The summed E-state index contributed by atoms with van der Waals surface area (Å²) in [4.78, 5) is 45.1. The van der Waals surface area contributed by atoms with Crippen LogP contribution in [0.1, 0.15) is 42.9 Å². The second-order valence-corrected chi connectivity index (χ2v) is 8.63. The van der Waals surface area contributed by atoms with Crippen LogP contribution < -0.4 is 0 Å². The lowest BCUT2D eigenvalue weighted by Gasteiger charge is -2.39. The van der Waals surface area contributed by atoms with Crippen LogP contribution >= 0.6 is 11.3 Å². The zero-order valence-electron chi connectivity index (χ0n) is 16.8. The number of allylic oxidation sites excluding steroid dienone is 1. The maximum absolute atomic E-state index is 13.4. The van der Waals surface area contributed by atoms with Crippen LogP contribution in [0.4, 0.5) is 0 Å². The molecule has 7 heteroatoms. The van der Waals surface area contributed by atoms with E-state index in [0.717, 1.165) is 15.5 Å². The summed E-state index contributed by atoms with van der Waals surface area (Å²) in [5, 5.41) is 0. The van der Waals surface area contributed by atoms with E-state index in [0.29, 0.717) is 17.7 Å². The van der Waals surface area contributed by atoms with Crippen LogP contribution in [0.5, 0.6) is 0 Å². The average Bonchev–Trinajstić information content (AvgIpc) is 3.06. The number of hydrogen-bond donors (Lipinski definition) is 0. The number of aryl methyl sites for hydroxylation is 1. The van der Waals surface area contributed by atoms with E-state index < -0.39 is 29.7 Å². The maximum Gasteiger partial charge on any atom is 0.336 e. The first-order chi connectivity index (χ1) is 13.3. The van der Waals surface area contributed by atoms with Crippen LogP contribution in [0.2, 0.25) is 0 Å². The van der Waals surface area contributed by atoms with Crippen LogP contribution in [0, 0.1) is 24.7 Å². The molecular formula is C21H25NO5S. The molecule has 0 N–H and O–H groups in total. The fourth-order valence-electron chi connectivity index (χ4n) is 4.24. The molecule has 0 bridgehead atoms. The van der Waals surface area contributed by atoms with Gasteiger partial charge in [0.2, 0.25) is 0 Å². The number of rotatable bonds is 4. The summed E-state index contributed by atoms with van der Waals surface area (Å²) in [6.45, 7) is 7.61. The number of aliphatic imine (C=N–C) groups is 1. The van der Waals surface area contributed by atoms with Gasteiger partial charge in [-0.25, -0.2) is 4.79 Å². The number of ketones is 1. The van der Waals surface area contributed by atoms with E-state index in [1.807, 2.05) is 26.0 Å². The van der Waals surface area contributed by atoms with E-state index in [1.165, 1.54) is 7.11 Å². The van der Waals surface area contributed by atoms with Crippen molar-refractivity contribution in [2.75, 3.05) is 13.7 Å². The molecule has 4 atom stereocenters. The van der Waals surface area contributed by atoms with Crippen molar-refractivity contribution in [1.82, 2.24) is 0 Å². The number of methoxy groups -OCH3 is 1. The number of thiophene rings is 1. The Morgan fingerprint density at radius 1 is 1.25 bits per heavy atom. The van der Waals surface area contributed by atoms with Crippen LogP contribution in [0.3, 0.4) is 0 Å². The monoisotopic (exact) mass is 403 g/mol. The summed E-state index contributed by atoms with van der Waals surface area (Å²) in [6, 6.07) is 3.91. The first-order valence-corrected chi connectivity index (χ1v) is 10.2. The van der Waals surface area contributed by atoms with Gasteiger partial charge in [-0.1, -0.05) is 6.92 Å². The Kier molecular flexibility index (Phi) is 5.84. The quantitative estimate of drug-likeness (QED) is 0.568. The minimum atomic E-state index is -0.848. The minimum Gasteiger partial charge on any atom is -0.468 e. The third kappa shape index (κ3) is 3.43. The molecule has 28 heavy (non-hydrogen) atoms. The predicted octanol–water partition coefficient (Wildman–Crippen LogP) is 3.45. The van der Waals surface area contributed by atoms with E-state index in [2.05, 4.69) is 4.99 Å². The molecule has 0 amide bonds. The molecule has 0 aromatic carbocycles. The number of Topliss-reactive ketones (excluding diaryl/α,β-unsaturated/α-hetero) is 1. The molecule has 6 nitrogen and oxygen atoms in total. The van der Waals surface area contributed by atoms with Gasteiger partial charge in [-0.2, -0.15) is 0 Å². The maximum atomic E-state index is 13.4. The Labute approximate surface area is 168 Å². The highest BCUT2D eigenvalue weighted by Gasteiger charge is 2.51. The average molecular weight is 404 g/mol. The number of ether oxygens (including phenoxy) is 2. The van der Waals surface area contributed by atoms with Gasteiger partial charge in [0.1, 0.15) is 5.92 Å². The smallest absolute Gasteiger partial charge is 0.336 e. The van der Waals surface area contributed by atoms with Gasteiger partial charge in [0.25, 0.3) is 0 Å². The van der Waals surface area contributed by atoms with Crippen molar-refractivity contribution >= 4 is 34.8 Å². The summed E-state index contributed by atoms with van der Waals surface area (Å²) >= 11 is 1.54. The third-order valence-electron chi connectivity index (χ3n) is 5.44. The van der Waals surface area contributed by atoms with Crippen molar-refractivity contribution < 1.29 is 23.9 Å². The highest BCUT2D eigenvalue weighted by molar-refractivity contribution is 7.12. The van der Waals surface area contributed by atoms with Crippen molar-refractivity contribution in [2.24, 2.45) is 22.7 Å². The molecule has 0 radical (unpaired) electrons. The van der Waals surface area contributed by atoms with Crippen LogP contribution in [-0.2, 0) is 23.9 Å². The lowest BCUT2D eigenvalue weighted by Crippen LogP contribution is -2.48. The van der Waals surface area contributed by atoms with Crippen molar-refractivity contribution in [3.8, 4) is 0 Å². The Morgan fingerprint density at radius 3 is 2.54 bits per heavy atom. The van der Waals surface area contributed by atoms with Gasteiger partial charge < -0.3 is 9.47 Å². The lowest BCUT2D eigenvalue weighted by molar-refractivity contribution is -0.152. The SMILES string of the molecule is CCOC(=O)C1=C(C)N=C2C[C@@H](C)[C@@H](C(=O)OC)C(=O)[C@H]2[C@@H]1c1ccc(C)s1. The molecule has 0 spiro atoms. The van der Waals surface area contributed by atoms with Gasteiger partial charge in [-0.15, -0.1) is 11.3 Å². The Balaban J connectivity index is 2.15. The largest absolute Gasteiger partial charge is 0.468 e. The lowest BCUT2D eigenvalue weighted by atomic mass is 9.65. The van der Waals surface area contributed by atoms with Crippen molar-refractivity contribution in [2.45, 2.75) is 40.0 Å². The molecule has 1 aromatic heterocycles. The molecule has 2 aliphatic rings. The molecule has 1 aromatic rings. The zero-order valence-corrected chi connectivity index (χ0v) is 17.6. The van der Waals surface area contributed by atoms with Gasteiger partial charge in [0, 0.05) is 27.1 Å². The number of fused-ring (bicyclic) bond motifs is 1. The van der Waals surface area contributed by atoms with E-state index in [4.69, 9.17) is 9.47 Å². The third-order valence-corrected chi connectivity index (χ3v) is 6.52. The molecule has 1 saturated carbocycles. The minimum absolute atomic E-state index is 0.197. The van der Waals surface area contributed by atoms with Crippen LogP contribution in [0.25, 0.3) is 0 Å². The highest BCUT2D eigenvalue weighted by atomic mass is 32.1. The fourth-order valence-corrected chi connectivity index (χ4v) is 5.26. The topological polar surface area (TPSA) is 82.0 Å². The second kappa shape index (κ2) is 7.99. The standard InChI is InChI=1S/C21H25NO5S/c1-6-27-21(25)16-12(4)22-13-9-10(2)15(20(24)26-5)19(23)17(13)18(16)14-8-7-11(3)28-14/h7-8,10,15,17-18H,6,9H2,1-5H3/t10-,15-,17-,18-/m1/s1. The van der Waals surface area contributed by atoms with E-state index in [9.17, 15) is 14.4 Å². The van der Waals surface area contributed by atoms with E-state index >= 15 is 0 Å². The molecule has 1 fully saturated rings. The number of carbonyl (C=O) groups is 3. The second-order valence-electron chi connectivity index (χ2n) is 7.31. The summed E-state index contributed by atoms with van der Waals surface area (Å²) < 4.78 is 10.2. The number of esters is 2. The molecule has 0 saturated heterocycles. The van der Waals surface area contributed by atoms with E-state index in [1.54, 1.807) is 25.2 Å². The normalized spacial score (nSPS) is 27.2. The molecule has 1 aliphatic heterocycles. The summed E-state index contributed by atoms with van der Waals surface area (Å²) in [6.07, 6.45) is 0.518. The molecule has 0 unspecified atom stereocenters. The van der Waals surface area contributed by atoms with E-state index in [-0.39, 0.29) is 18.3 Å². The number of nitrogens with zero attached hydrogens (tertiary/aromatic N) is 1. The highest BCUT2D eigenvalue weighted by Crippen LogP contribution is 2.47. The molecule has 3 rings (SSSR count). The molecule has 150 valence electrons. The predicted molar refractivity (Wildman–Crippen MR) is 106 cm³/mol. The molecular weight excluding hydrogens is 378 g/mol. The van der Waals surface area contributed by atoms with Crippen molar-refractivity contribution in [3.05, 3.63) is 33.2 Å². The first-order valence-electron chi connectivity index (χ1n) is 9.43. The number of carbonyl (C=O) groups excluding carboxylic acids is 3. The fraction of sp³-hybridized carbons (Fsp3) is 0.524. The van der Waals surface area contributed by atoms with Gasteiger partial charge >= 0.3 is 11.9 Å². The summed E-state index contributed by atoms with van der Waals surface area (Å²) in [7, 11) is 1.29. The Morgan fingerprint density at radius 2 is 1.96 bits per heavy atom. The van der Waals surface area contributed by atoms with Gasteiger partial charge in [-0.05, 0) is 45.2 Å². The summed E-state index contributed by atoms with van der Waals surface area (Å²) in [5.74, 6) is -3.40. The van der Waals surface area contributed by atoms with Crippen LogP contribution in [0.15, 0.2) is 28.4 Å². The summed E-state index contributed by atoms with van der Waals surface area (Å²) in [5.41, 5.74) is 1.72. The van der Waals surface area contributed by atoms with Crippen LogP contribution in [-0.4, -0.2) is 37.2 Å². The van der Waals surface area contributed by atoms with Gasteiger partial charge in [-0.3, -0.25) is 14.6 Å². The molecule has 2 heterocycles. The van der Waals surface area contributed by atoms with Crippen molar-refractivity contribution in [3.63, 3.8) is 0 Å². The van der Waals surface area contributed by atoms with Gasteiger partial charge in [0.05, 0.1) is 25.2 Å². The zero-order chi connectivity index (χ0) is 20.6. The molecule has 1 aliphatic carbocycles. The Hall–Kier alpha value is -2.28. The first kappa shape index (κ1) is 20.5. The Bertz CT molecular complexity index is 881. The van der Waals surface area contributed by atoms with Gasteiger partial charge in [0.15, 0.2) is 5.78 Å². The number of hydrogen-bond acceptors (Lipinski definition) is 7.